The predicted octanol–water partition coefficient (Wildman–Crippen LogP) is 4.50. The maximum Gasteiger partial charge on any atom is 0.311 e. The SMILES string of the molecule is C/C1=C/C(CCCCC(C)C)C(O)C(O)CCC(O)CC(O)CC(O)C(C)CCC(O)C(C)C(O)CCCC(O)CC(O)/C=C\C(C)OC(=O)CC2(O)OC(CC(O[C@@H]3O[C@H](C)[C@@H](O)[C@H](N(C)C)[C@H]3O)C2C)C(C)C(O)/C(C)=C\C=C/CC(O)C(C)C(O)CCCC(O)CC1O. The summed E-state index contributed by atoms with van der Waals surface area (Å²) in [5.41, 5.74) is 0.999. The number of esters is 1. The largest absolute Gasteiger partial charge is 0.458 e. The van der Waals surface area contributed by atoms with Gasteiger partial charge in [-0.15, -0.1) is 0 Å². The van der Waals surface area contributed by atoms with Crippen LogP contribution < -0.4 is 0 Å². The van der Waals surface area contributed by atoms with Gasteiger partial charge in [0, 0.05) is 48.9 Å². The molecule has 2 bridgehead atoms. The Morgan fingerprint density at radius 1 is 0.604 bits per heavy atom. The molecule has 0 aromatic carbocycles. The van der Waals surface area contributed by atoms with E-state index >= 15 is 0 Å². The molecule has 17 N–H and O–H groups in total. The number of unbranched alkanes of at least 4 members (excludes halogenated alkanes) is 1. The van der Waals surface area contributed by atoms with E-state index in [2.05, 4.69) is 13.8 Å². The predicted molar refractivity (Wildman–Crippen MR) is 365 cm³/mol. The standard InChI is InChI=1S/C73H133NO22/c1-41(2)20-14-16-22-51-34-44(5)63(86)37-53(76)24-19-27-58(81)46(7)57(80)25-17-15-21-43(4)68(88)48(9)64-39-65(95-72-71(91)67(74(12)13)69(89)50(11)94-72)49(10)73(92,96-64)40-66(87)93-45(6)29-30-54(77)35-52(75)23-18-26-59(82)47(8)60(83)32-28-42(3)62(85)38-56(79)36-55(78)31-33-61(84)70(51)90/h15,17,21,29-30,34,41-42,45-65,67-72,75-86,88-92H,14,16,18-20,22-28,31-33,35-40H2,1-13H3/b17-15-,30-29-,43-21-,44-34-/t42?,45?,46?,47?,48?,49?,50-,51?,52?,53?,54?,55?,56?,57?,58?,59?,60?,61?,62?,63?,64?,65?,67+,68?,69-,70?,71-,72+,73?/m1/s1. The Hall–Kier alpha value is -2.41. The van der Waals surface area contributed by atoms with E-state index in [4.69, 9.17) is 18.9 Å². The molecule has 3 aliphatic rings. The lowest BCUT2D eigenvalue weighted by molar-refractivity contribution is -0.351. The van der Waals surface area contributed by atoms with Crippen molar-refractivity contribution in [1.82, 2.24) is 4.90 Å². The molecule has 0 saturated carbocycles. The lowest BCUT2D eigenvalue weighted by Crippen LogP contribution is -2.64. The van der Waals surface area contributed by atoms with Crippen LogP contribution in [0, 0.1) is 41.4 Å². The van der Waals surface area contributed by atoms with Crippen molar-refractivity contribution in [3.63, 3.8) is 0 Å². The molecule has 562 valence electrons. The smallest absolute Gasteiger partial charge is 0.311 e. The minimum absolute atomic E-state index is 0.00941. The minimum Gasteiger partial charge on any atom is -0.458 e. The number of allylic oxidation sites excluding steroid dienone is 2. The molecule has 0 amide bonds. The Morgan fingerprint density at radius 3 is 1.80 bits per heavy atom. The van der Waals surface area contributed by atoms with E-state index in [1.165, 1.54) is 12.2 Å². The molecule has 0 spiro atoms. The Balaban J connectivity index is 1.86. The highest BCUT2D eigenvalue weighted by molar-refractivity contribution is 5.71. The maximum absolute atomic E-state index is 13.7. The molecule has 3 aliphatic heterocycles. The van der Waals surface area contributed by atoms with Crippen LogP contribution in [0.1, 0.15) is 211 Å². The second kappa shape index (κ2) is 43.5. The maximum atomic E-state index is 13.7. The first-order valence-corrected chi connectivity index (χ1v) is 36.0. The van der Waals surface area contributed by atoms with E-state index < -0.39 is 182 Å². The van der Waals surface area contributed by atoms with Crippen molar-refractivity contribution in [2.75, 3.05) is 14.1 Å². The highest BCUT2D eigenvalue weighted by atomic mass is 16.7. The third kappa shape index (κ3) is 29.9. The molecule has 0 aromatic heterocycles. The van der Waals surface area contributed by atoms with Gasteiger partial charge in [-0.25, -0.2) is 0 Å². The zero-order chi connectivity index (χ0) is 72.5. The molecule has 23 heteroatoms. The molecule has 3 rings (SSSR count). The van der Waals surface area contributed by atoms with Gasteiger partial charge in [-0.3, -0.25) is 4.79 Å². The fourth-order valence-electron chi connectivity index (χ4n) is 13.6. The molecule has 0 radical (unpaired) electrons. The number of cyclic esters (lactones) is 1. The Kier molecular flexibility index (Phi) is 39.8. The summed E-state index contributed by atoms with van der Waals surface area (Å²) in [6.07, 6.45) is -7.60. The second-order valence-corrected chi connectivity index (χ2v) is 30.0. The minimum atomic E-state index is -2.26. The highest BCUT2D eigenvalue weighted by Crippen LogP contribution is 2.42. The third-order valence-corrected chi connectivity index (χ3v) is 20.9. The molecule has 29 atom stereocenters. The van der Waals surface area contributed by atoms with Gasteiger partial charge in [0.1, 0.15) is 12.2 Å². The van der Waals surface area contributed by atoms with Crippen LogP contribution in [0.25, 0.3) is 0 Å². The van der Waals surface area contributed by atoms with Gasteiger partial charge < -0.3 is 111 Å². The fraction of sp³-hybridized carbons (Fsp3) is 0.877. The number of fused-ring (bicyclic) bond motifs is 2. The number of likely N-dealkylation sites (N-methyl/N-ethyl adjacent to an activating group) is 1. The van der Waals surface area contributed by atoms with Crippen molar-refractivity contribution in [3.05, 3.63) is 47.6 Å². The van der Waals surface area contributed by atoms with Crippen molar-refractivity contribution < 1.29 is 111 Å². The van der Waals surface area contributed by atoms with Crippen molar-refractivity contribution in [2.24, 2.45) is 41.4 Å². The summed E-state index contributed by atoms with van der Waals surface area (Å²) >= 11 is 0. The number of hydrogen-bond acceptors (Lipinski definition) is 23. The van der Waals surface area contributed by atoms with E-state index in [-0.39, 0.29) is 89.4 Å². The van der Waals surface area contributed by atoms with Crippen LogP contribution in [0.4, 0.5) is 0 Å². The van der Waals surface area contributed by atoms with Crippen LogP contribution >= 0.6 is 0 Å². The number of hydrogen-bond donors (Lipinski definition) is 17. The van der Waals surface area contributed by atoms with Gasteiger partial charge in [-0.05, 0) is 161 Å². The van der Waals surface area contributed by atoms with Crippen LogP contribution in [0.2, 0.25) is 0 Å². The zero-order valence-electron chi connectivity index (χ0n) is 60.1. The van der Waals surface area contributed by atoms with Gasteiger partial charge in [0.2, 0.25) is 0 Å². The summed E-state index contributed by atoms with van der Waals surface area (Å²) in [6.45, 7) is 19.4. The molecular weight excluding hydrogens is 1240 g/mol. The van der Waals surface area contributed by atoms with Crippen LogP contribution in [0.3, 0.4) is 0 Å². The van der Waals surface area contributed by atoms with Crippen molar-refractivity contribution in [3.8, 4) is 0 Å². The quantitative estimate of drug-likeness (QED) is 0.0903. The van der Waals surface area contributed by atoms with Gasteiger partial charge in [0.25, 0.3) is 0 Å². The van der Waals surface area contributed by atoms with Crippen LogP contribution in [0.5, 0.6) is 0 Å². The fourth-order valence-corrected chi connectivity index (χ4v) is 13.6. The second-order valence-electron chi connectivity index (χ2n) is 30.0. The summed E-state index contributed by atoms with van der Waals surface area (Å²) in [7, 11) is 3.40. The lowest BCUT2D eigenvalue weighted by Gasteiger charge is -2.50. The lowest BCUT2D eigenvalue weighted by atomic mass is 9.80. The van der Waals surface area contributed by atoms with Gasteiger partial charge in [-0.2, -0.15) is 0 Å². The van der Waals surface area contributed by atoms with Gasteiger partial charge in [0.15, 0.2) is 12.1 Å². The van der Waals surface area contributed by atoms with Crippen LogP contribution in [0.15, 0.2) is 47.6 Å². The Morgan fingerprint density at radius 2 is 1.19 bits per heavy atom. The molecule has 96 heavy (non-hydrogen) atoms. The van der Waals surface area contributed by atoms with E-state index in [1.807, 2.05) is 0 Å². The Labute approximate surface area is 573 Å². The topological polar surface area (TPSA) is 401 Å². The normalized spacial score (nSPS) is 44.4. The number of rotatable bonds is 8. The van der Waals surface area contributed by atoms with Gasteiger partial charge in [-0.1, -0.05) is 98.1 Å². The van der Waals surface area contributed by atoms with Gasteiger partial charge in [0.05, 0.1) is 122 Å². The summed E-state index contributed by atoms with van der Waals surface area (Å²) in [4.78, 5) is 15.4. The molecule has 0 aliphatic carbocycles. The number of carbonyl (C=O) groups is 1. The number of aliphatic hydroxyl groups is 17. The average Bonchev–Trinajstić information content (AvgIpc) is 0.771. The monoisotopic (exact) mass is 1380 g/mol. The summed E-state index contributed by atoms with van der Waals surface area (Å²) in [6, 6.07) is -0.781. The number of ether oxygens (including phenoxy) is 4. The highest BCUT2D eigenvalue weighted by Gasteiger charge is 2.53. The van der Waals surface area contributed by atoms with E-state index in [0.717, 1.165) is 19.3 Å². The van der Waals surface area contributed by atoms with E-state index in [9.17, 15) is 91.6 Å². The molecule has 2 saturated heterocycles. The Bertz CT molecular complexity index is 2270. The van der Waals surface area contributed by atoms with Crippen molar-refractivity contribution >= 4 is 5.97 Å². The summed E-state index contributed by atoms with van der Waals surface area (Å²) < 4.78 is 24.5. The van der Waals surface area contributed by atoms with E-state index in [1.54, 1.807) is 106 Å². The first-order valence-electron chi connectivity index (χ1n) is 36.0. The molecule has 0 aromatic rings. The van der Waals surface area contributed by atoms with Crippen LogP contribution in [-0.2, 0) is 23.7 Å². The van der Waals surface area contributed by atoms with Gasteiger partial charge >= 0.3 is 5.97 Å². The first kappa shape index (κ1) is 87.8. The number of aliphatic hydroxyl groups excluding tert-OH is 16. The van der Waals surface area contributed by atoms with Crippen molar-refractivity contribution in [1.29, 1.82) is 0 Å². The molecule has 2 fully saturated rings. The van der Waals surface area contributed by atoms with Crippen LogP contribution in [-0.4, -0.2) is 252 Å². The average molecular weight is 1380 g/mol. The summed E-state index contributed by atoms with van der Waals surface area (Å²) in [5, 5.41) is 191. The zero-order valence-corrected chi connectivity index (χ0v) is 60.1. The third-order valence-electron chi connectivity index (χ3n) is 20.9. The number of nitrogens with zero attached hydrogens (tertiary/aromatic N) is 1. The molecule has 24 unspecified atom stereocenters. The first-order chi connectivity index (χ1) is 44.9. The van der Waals surface area contributed by atoms with Crippen molar-refractivity contribution in [2.45, 2.75) is 351 Å². The molecular formula is C73H133NO22. The number of carbonyl (C=O) groups excluding carboxylic acids is 1. The summed E-state index contributed by atoms with van der Waals surface area (Å²) in [5.74, 6) is -6.42. The molecule has 3 heterocycles. The van der Waals surface area contributed by atoms with E-state index in [0.29, 0.717) is 42.7 Å². The molecule has 23 nitrogen and oxygen atoms in total.